The first-order valence-corrected chi connectivity index (χ1v) is 7.72. The summed E-state index contributed by atoms with van der Waals surface area (Å²) in [7, 11) is 0. The SMILES string of the molecule is Cc1cccc(Cn2c(C(C)Cl)nc3cccc(Cl)c32)c1. The van der Waals surface area contributed by atoms with Gasteiger partial charge in [0, 0.05) is 6.54 Å². The minimum atomic E-state index is -0.168. The minimum Gasteiger partial charge on any atom is -0.321 e. The van der Waals surface area contributed by atoms with Crippen molar-refractivity contribution >= 4 is 34.2 Å². The number of rotatable bonds is 3. The fourth-order valence-corrected chi connectivity index (χ4v) is 3.05. The van der Waals surface area contributed by atoms with Gasteiger partial charge in [-0.15, -0.1) is 11.6 Å². The molecule has 0 fully saturated rings. The lowest BCUT2D eigenvalue weighted by Crippen LogP contribution is -2.06. The topological polar surface area (TPSA) is 17.8 Å². The molecule has 1 heterocycles. The van der Waals surface area contributed by atoms with Crippen molar-refractivity contribution in [2.45, 2.75) is 25.8 Å². The second-order valence-electron chi connectivity index (χ2n) is 5.27. The summed E-state index contributed by atoms with van der Waals surface area (Å²) >= 11 is 12.7. The molecular formula is C17H16Cl2N2. The van der Waals surface area contributed by atoms with Crippen LogP contribution in [0.3, 0.4) is 0 Å². The molecule has 0 bridgehead atoms. The van der Waals surface area contributed by atoms with Crippen LogP contribution in [0.4, 0.5) is 0 Å². The smallest absolute Gasteiger partial charge is 0.128 e. The molecule has 2 aromatic carbocycles. The molecule has 0 saturated carbocycles. The van der Waals surface area contributed by atoms with Crippen LogP contribution in [0.15, 0.2) is 42.5 Å². The van der Waals surface area contributed by atoms with Crippen LogP contribution in [-0.2, 0) is 6.54 Å². The maximum atomic E-state index is 6.37. The molecule has 0 amide bonds. The van der Waals surface area contributed by atoms with Crippen LogP contribution >= 0.6 is 23.2 Å². The third-order valence-electron chi connectivity index (χ3n) is 3.53. The lowest BCUT2D eigenvalue weighted by molar-refractivity contribution is 0.742. The molecule has 0 spiro atoms. The molecule has 0 aliphatic heterocycles. The predicted octanol–water partition coefficient (Wildman–Crippen LogP) is 5.35. The number of aromatic nitrogens is 2. The summed E-state index contributed by atoms with van der Waals surface area (Å²) in [6, 6.07) is 14.2. The molecule has 0 aliphatic rings. The average Bonchev–Trinajstić information content (AvgIpc) is 2.79. The van der Waals surface area contributed by atoms with Gasteiger partial charge in [-0.3, -0.25) is 0 Å². The first-order valence-electron chi connectivity index (χ1n) is 6.90. The van der Waals surface area contributed by atoms with Gasteiger partial charge in [0.15, 0.2) is 0 Å². The molecule has 3 rings (SSSR count). The van der Waals surface area contributed by atoms with Crippen LogP contribution in [0.25, 0.3) is 11.0 Å². The fourth-order valence-electron chi connectivity index (χ4n) is 2.62. The Hall–Kier alpha value is -1.51. The van der Waals surface area contributed by atoms with Crippen LogP contribution in [-0.4, -0.2) is 9.55 Å². The maximum Gasteiger partial charge on any atom is 0.128 e. The molecule has 3 aromatic rings. The van der Waals surface area contributed by atoms with Crippen molar-refractivity contribution < 1.29 is 0 Å². The van der Waals surface area contributed by atoms with E-state index in [2.05, 4.69) is 40.7 Å². The first kappa shape index (κ1) is 14.4. The highest BCUT2D eigenvalue weighted by atomic mass is 35.5. The molecule has 0 N–H and O–H groups in total. The lowest BCUT2D eigenvalue weighted by Gasteiger charge is -2.12. The molecule has 0 radical (unpaired) electrons. The molecule has 108 valence electrons. The monoisotopic (exact) mass is 318 g/mol. The van der Waals surface area contributed by atoms with Crippen molar-refractivity contribution in [2.75, 3.05) is 0 Å². The average molecular weight is 319 g/mol. The highest BCUT2D eigenvalue weighted by Crippen LogP contribution is 2.30. The van der Waals surface area contributed by atoms with Gasteiger partial charge in [-0.05, 0) is 31.5 Å². The molecule has 2 nitrogen and oxygen atoms in total. The number of alkyl halides is 1. The van der Waals surface area contributed by atoms with Gasteiger partial charge < -0.3 is 4.57 Å². The zero-order valence-corrected chi connectivity index (χ0v) is 13.5. The Balaban J connectivity index is 2.17. The zero-order chi connectivity index (χ0) is 15.0. The van der Waals surface area contributed by atoms with Crippen LogP contribution in [0.2, 0.25) is 5.02 Å². The Morgan fingerprint density at radius 3 is 2.67 bits per heavy atom. The van der Waals surface area contributed by atoms with Crippen molar-refractivity contribution in [3.63, 3.8) is 0 Å². The summed E-state index contributed by atoms with van der Waals surface area (Å²) < 4.78 is 2.12. The van der Waals surface area contributed by atoms with Gasteiger partial charge in [0.05, 0.1) is 21.4 Å². The summed E-state index contributed by atoms with van der Waals surface area (Å²) in [6.07, 6.45) is 0. The Morgan fingerprint density at radius 2 is 1.95 bits per heavy atom. The van der Waals surface area contributed by atoms with E-state index < -0.39 is 0 Å². The van der Waals surface area contributed by atoms with E-state index >= 15 is 0 Å². The van der Waals surface area contributed by atoms with Crippen LogP contribution < -0.4 is 0 Å². The molecule has 1 unspecified atom stereocenters. The highest BCUT2D eigenvalue weighted by Gasteiger charge is 2.17. The van der Waals surface area contributed by atoms with E-state index in [4.69, 9.17) is 23.2 Å². The number of imidazole rings is 1. The molecule has 1 aromatic heterocycles. The Kier molecular flexibility index (Phi) is 3.92. The molecule has 21 heavy (non-hydrogen) atoms. The number of halogens is 2. The zero-order valence-electron chi connectivity index (χ0n) is 12.0. The van der Waals surface area contributed by atoms with Gasteiger partial charge in [0.25, 0.3) is 0 Å². The summed E-state index contributed by atoms with van der Waals surface area (Å²) in [5, 5.41) is 0.537. The van der Waals surface area contributed by atoms with Gasteiger partial charge in [-0.2, -0.15) is 0 Å². The van der Waals surface area contributed by atoms with E-state index in [9.17, 15) is 0 Å². The number of fused-ring (bicyclic) bond motifs is 1. The number of hydrogen-bond acceptors (Lipinski definition) is 1. The highest BCUT2D eigenvalue weighted by molar-refractivity contribution is 6.35. The number of aryl methyl sites for hydroxylation is 1. The summed E-state index contributed by atoms with van der Waals surface area (Å²) in [6.45, 7) is 4.74. The van der Waals surface area contributed by atoms with Crippen molar-refractivity contribution in [1.82, 2.24) is 9.55 Å². The second-order valence-corrected chi connectivity index (χ2v) is 6.33. The Morgan fingerprint density at radius 1 is 1.19 bits per heavy atom. The summed E-state index contributed by atoms with van der Waals surface area (Å²) in [5.41, 5.74) is 4.29. The fraction of sp³-hybridized carbons (Fsp3) is 0.235. The van der Waals surface area contributed by atoms with E-state index in [0.29, 0.717) is 11.6 Å². The third kappa shape index (κ3) is 2.78. The van der Waals surface area contributed by atoms with Crippen molar-refractivity contribution in [2.24, 2.45) is 0 Å². The van der Waals surface area contributed by atoms with Crippen LogP contribution in [0, 0.1) is 6.92 Å². The van der Waals surface area contributed by atoms with E-state index in [1.54, 1.807) is 0 Å². The summed E-state index contributed by atoms with van der Waals surface area (Å²) in [4.78, 5) is 4.64. The minimum absolute atomic E-state index is 0.168. The summed E-state index contributed by atoms with van der Waals surface area (Å²) in [5.74, 6) is 0.848. The maximum absolute atomic E-state index is 6.37. The van der Waals surface area contributed by atoms with E-state index in [0.717, 1.165) is 16.9 Å². The van der Waals surface area contributed by atoms with Crippen molar-refractivity contribution in [3.05, 3.63) is 64.4 Å². The molecule has 0 aliphatic carbocycles. The Labute approximate surface area is 134 Å². The second kappa shape index (κ2) is 5.70. The normalized spacial score (nSPS) is 12.8. The molecule has 1 atom stereocenters. The van der Waals surface area contributed by atoms with Gasteiger partial charge in [-0.1, -0.05) is 47.5 Å². The molecule has 4 heteroatoms. The number of nitrogens with zero attached hydrogens (tertiary/aromatic N) is 2. The number of hydrogen-bond donors (Lipinski definition) is 0. The van der Waals surface area contributed by atoms with E-state index in [-0.39, 0.29) is 5.38 Å². The van der Waals surface area contributed by atoms with Gasteiger partial charge in [0.1, 0.15) is 5.82 Å². The van der Waals surface area contributed by atoms with Gasteiger partial charge in [0.2, 0.25) is 0 Å². The largest absolute Gasteiger partial charge is 0.321 e. The number of para-hydroxylation sites is 1. The molecule has 0 saturated heterocycles. The quantitative estimate of drug-likeness (QED) is 0.595. The van der Waals surface area contributed by atoms with Crippen molar-refractivity contribution in [1.29, 1.82) is 0 Å². The third-order valence-corrected chi connectivity index (χ3v) is 4.03. The first-order chi connectivity index (χ1) is 10.1. The standard InChI is InChI=1S/C17H16Cl2N2/c1-11-5-3-6-13(9-11)10-21-16-14(19)7-4-8-15(16)20-17(21)12(2)18/h3-9,12H,10H2,1-2H3. The predicted molar refractivity (Wildman–Crippen MR) is 89.3 cm³/mol. The lowest BCUT2D eigenvalue weighted by atomic mass is 10.1. The van der Waals surface area contributed by atoms with E-state index in [1.165, 1.54) is 11.1 Å². The van der Waals surface area contributed by atoms with Crippen LogP contribution in [0.5, 0.6) is 0 Å². The van der Waals surface area contributed by atoms with E-state index in [1.807, 2.05) is 25.1 Å². The Bertz CT molecular complexity index is 791. The van der Waals surface area contributed by atoms with Crippen molar-refractivity contribution in [3.8, 4) is 0 Å². The van der Waals surface area contributed by atoms with Gasteiger partial charge in [-0.25, -0.2) is 4.98 Å². The van der Waals surface area contributed by atoms with Gasteiger partial charge >= 0.3 is 0 Å². The number of benzene rings is 2. The molecular weight excluding hydrogens is 303 g/mol. The van der Waals surface area contributed by atoms with Crippen LogP contribution in [0.1, 0.15) is 29.3 Å².